The summed E-state index contributed by atoms with van der Waals surface area (Å²) < 4.78 is 38.5. The first-order valence-corrected chi connectivity index (χ1v) is 7.09. The largest absolute Gasteiger partial charge is 0.416 e. The van der Waals surface area contributed by atoms with Crippen molar-refractivity contribution >= 4 is 11.6 Å². The van der Waals surface area contributed by atoms with Crippen molar-refractivity contribution in [3.05, 3.63) is 29.3 Å². The van der Waals surface area contributed by atoms with Crippen molar-refractivity contribution in [2.75, 3.05) is 25.0 Å². The van der Waals surface area contributed by atoms with Crippen LogP contribution in [-0.4, -0.2) is 30.4 Å². The lowest BCUT2D eigenvalue weighted by Gasteiger charge is -2.21. The Morgan fingerprint density at radius 2 is 1.81 bits per heavy atom. The quantitative estimate of drug-likeness (QED) is 0.861. The SMILES string of the molecule is CCCNc1ccc(C(F)(F)F)cc1C(=O)N(CC)CC. The molecule has 0 fully saturated rings. The Hall–Kier alpha value is -1.72. The van der Waals surface area contributed by atoms with E-state index in [2.05, 4.69) is 5.32 Å². The third-order valence-corrected chi connectivity index (χ3v) is 3.19. The van der Waals surface area contributed by atoms with E-state index in [-0.39, 0.29) is 11.5 Å². The molecule has 118 valence electrons. The second kappa shape index (κ2) is 7.33. The monoisotopic (exact) mass is 302 g/mol. The lowest BCUT2D eigenvalue weighted by molar-refractivity contribution is -0.137. The van der Waals surface area contributed by atoms with Gasteiger partial charge in [-0.05, 0) is 38.5 Å². The molecular weight excluding hydrogens is 281 g/mol. The number of carbonyl (C=O) groups excluding carboxylic acids is 1. The van der Waals surface area contributed by atoms with Gasteiger partial charge in [0.15, 0.2) is 0 Å². The zero-order valence-electron chi connectivity index (χ0n) is 12.5. The highest BCUT2D eigenvalue weighted by Gasteiger charge is 2.32. The average molecular weight is 302 g/mol. The highest BCUT2D eigenvalue weighted by molar-refractivity contribution is 5.99. The van der Waals surface area contributed by atoms with E-state index in [1.54, 1.807) is 13.8 Å². The lowest BCUT2D eigenvalue weighted by atomic mass is 10.1. The lowest BCUT2D eigenvalue weighted by Crippen LogP contribution is -2.31. The molecule has 0 aromatic heterocycles. The third-order valence-electron chi connectivity index (χ3n) is 3.19. The molecule has 0 bridgehead atoms. The molecular formula is C15H21F3N2O. The van der Waals surface area contributed by atoms with Crippen LogP contribution in [0.5, 0.6) is 0 Å². The van der Waals surface area contributed by atoms with Crippen molar-refractivity contribution in [3.63, 3.8) is 0 Å². The molecule has 0 aliphatic rings. The van der Waals surface area contributed by atoms with Gasteiger partial charge < -0.3 is 10.2 Å². The highest BCUT2D eigenvalue weighted by atomic mass is 19.4. The Balaban J connectivity index is 3.24. The van der Waals surface area contributed by atoms with Gasteiger partial charge in [-0.15, -0.1) is 0 Å². The molecule has 0 saturated heterocycles. The van der Waals surface area contributed by atoms with E-state index in [4.69, 9.17) is 0 Å². The van der Waals surface area contributed by atoms with E-state index in [1.165, 1.54) is 11.0 Å². The molecule has 0 saturated carbocycles. The zero-order valence-corrected chi connectivity index (χ0v) is 12.5. The van der Waals surface area contributed by atoms with Gasteiger partial charge in [-0.2, -0.15) is 13.2 Å². The average Bonchev–Trinajstić information content (AvgIpc) is 2.45. The number of alkyl halides is 3. The van der Waals surface area contributed by atoms with Gasteiger partial charge in [-0.25, -0.2) is 0 Å². The zero-order chi connectivity index (χ0) is 16.0. The number of anilines is 1. The van der Waals surface area contributed by atoms with Crippen LogP contribution in [0.15, 0.2) is 18.2 Å². The Morgan fingerprint density at radius 1 is 1.19 bits per heavy atom. The van der Waals surface area contributed by atoms with E-state index in [1.807, 2.05) is 6.92 Å². The summed E-state index contributed by atoms with van der Waals surface area (Å²) in [6.45, 7) is 7.06. The summed E-state index contributed by atoms with van der Waals surface area (Å²) in [6.07, 6.45) is -3.64. The van der Waals surface area contributed by atoms with Crippen molar-refractivity contribution in [1.29, 1.82) is 0 Å². The van der Waals surface area contributed by atoms with Gasteiger partial charge in [0.05, 0.1) is 11.1 Å². The Labute approximate surface area is 123 Å². The summed E-state index contributed by atoms with van der Waals surface area (Å²) in [5.74, 6) is -0.385. The number of hydrogen-bond acceptors (Lipinski definition) is 2. The number of halogens is 3. The van der Waals surface area contributed by atoms with Crippen molar-refractivity contribution in [2.45, 2.75) is 33.4 Å². The third kappa shape index (κ3) is 4.37. The van der Waals surface area contributed by atoms with E-state index >= 15 is 0 Å². The molecule has 1 rings (SSSR count). The fraction of sp³-hybridized carbons (Fsp3) is 0.533. The molecule has 0 aliphatic heterocycles. The van der Waals surface area contributed by atoms with Crippen molar-refractivity contribution in [1.82, 2.24) is 4.90 Å². The van der Waals surface area contributed by atoms with E-state index in [0.29, 0.717) is 25.3 Å². The number of rotatable bonds is 6. The first-order chi connectivity index (χ1) is 9.85. The van der Waals surface area contributed by atoms with Crippen LogP contribution in [0.4, 0.5) is 18.9 Å². The van der Waals surface area contributed by atoms with Gasteiger partial charge >= 0.3 is 6.18 Å². The number of nitrogens with one attached hydrogen (secondary N) is 1. The molecule has 0 unspecified atom stereocenters. The second-order valence-electron chi connectivity index (χ2n) is 4.66. The van der Waals surface area contributed by atoms with Gasteiger partial charge in [-0.1, -0.05) is 6.92 Å². The maximum Gasteiger partial charge on any atom is 0.416 e. The molecule has 0 spiro atoms. The molecule has 6 heteroatoms. The number of benzene rings is 1. The highest BCUT2D eigenvalue weighted by Crippen LogP contribution is 2.32. The summed E-state index contributed by atoms with van der Waals surface area (Å²) in [5.41, 5.74) is -0.288. The Morgan fingerprint density at radius 3 is 2.29 bits per heavy atom. The Bertz CT molecular complexity index is 482. The van der Waals surface area contributed by atoms with Gasteiger partial charge in [0, 0.05) is 25.3 Å². The molecule has 0 heterocycles. The topological polar surface area (TPSA) is 32.3 Å². The molecule has 1 aromatic carbocycles. The summed E-state index contributed by atoms with van der Waals surface area (Å²) in [4.78, 5) is 13.9. The standard InChI is InChI=1S/C15H21F3N2O/c1-4-9-19-13-8-7-11(15(16,17)18)10-12(13)14(21)20(5-2)6-3/h7-8,10,19H,4-6,9H2,1-3H3. The van der Waals surface area contributed by atoms with Crippen molar-refractivity contribution in [3.8, 4) is 0 Å². The van der Waals surface area contributed by atoms with E-state index < -0.39 is 11.7 Å². The molecule has 1 aromatic rings. The fourth-order valence-electron chi connectivity index (χ4n) is 1.99. The van der Waals surface area contributed by atoms with Crippen LogP contribution in [0.1, 0.15) is 43.1 Å². The molecule has 1 amide bonds. The fourth-order valence-corrected chi connectivity index (χ4v) is 1.99. The molecule has 0 radical (unpaired) electrons. The van der Waals surface area contributed by atoms with Gasteiger partial charge in [0.25, 0.3) is 5.91 Å². The molecule has 3 nitrogen and oxygen atoms in total. The molecule has 0 aliphatic carbocycles. The van der Waals surface area contributed by atoms with Crippen molar-refractivity contribution < 1.29 is 18.0 Å². The summed E-state index contributed by atoms with van der Waals surface area (Å²) >= 11 is 0. The summed E-state index contributed by atoms with van der Waals surface area (Å²) in [7, 11) is 0. The van der Waals surface area contributed by atoms with Gasteiger partial charge in [0.2, 0.25) is 0 Å². The number of hydrogen-bond donors (Lipinski definition) is 1. The van der Waals surface area contributed by atoms with Crippen LogP contribution in [0.3, 0.4) is 0 Å². The van der Waals surface area contributed by atoms with Crippen LogP contribution in [-0.2, 0) is 6.18 Å². The first kappa shape index (κ1) is 17.3. The molecule has 1 N–H and O–H groups in total. The smallest absolute Gasteiger partial charge is 0.384 e. The number of carbonyl (C=O) groups is 1. The van der Waals surface area contributed by atoms with Crippen LogP contribution in [0.2, 0.25) is 0 Å². The molecule has 21 heavy (non-hydrogen) atoms. The predicted molar refractivity (Wildman–Crippen MR) is 77.5 cm³/mol. The summed E-state index contributed by atoms with van der Waals surface area (Å²) in [6, 6.07) is 3.25. The van der Waals surface area contributed by atoms with Gasteiger partial charge in [-0.3, -0.25) is 4.79 Å². The van der Waals surface area contributed by atoms with E-state index in [9.17, 15) is 18.0 Å². The maximum absolute atomic E-state index is 12.8. The minimum absolute atomic E-state index is 0.0713. The number of amides is 1. The summed E-state index contributed by atoms with van der Waals surface area (Å²) in [5, 5.41) is 3.01. The van der Waals surface area contributed by atoms with Crippen LogP contribution >= 0.6 is 0 Å². The normalized spacial score (nSPS) is 11.3. The van der Waals surface area contributed by atoms with Crippen molar-refractivity contribution in [2.24, 2.45) is 0 Å². The Kier molecular flexibility index (Phi) is 6.05. The van der Waals surface area contributed by atoms with E-state index in [0.717, 1.165) is 18.6 Å². The second-order valence-corrected chi connectivity index (χ2v) is 4.66. The van der Waals surface area contributed by atoms with Crippen LogP contribution in [0, 0.1) is 0 Å². The first-order valence-electron chi connectivity index (χ1n) is 7.09. The van der Waals surface area contributed by atoms with Gasteiger partial charge in [0.1, 0.15) is 0 Å². The molecule has 0 atom stereocenters. The van der Waals surface area contributed by atoms with Crippen LogP contribution < -0.4 is 5.32 Å². The minimum Gasteiger partial charge on any atom is -0.384 e. The number of nitrogens with zero attached hydrogens (tertiary/aromatic N) is 1. The van der Waals surface area contributed by atoms with Crippen LogP contribution in [0.25, 0.3) is 0 Å². The maximum atomic E-state index is 12.8. The minimum atomic E-state index is -4.46. The predicted octanol–water partition coefficient (Wildman–Crippen LogP) is 4.01.